The van der Waals surface area contributed by atoms with Gasteiger partial charge in [0.1, 0.15) is 5.01 Å². The molecule has 0 aliphatic carbocycles. The number of aryl methyl sites for hydroxylation is 1. The van der Waals surface area contributed by atoms with Gasteiger partial charge in [0.05, 0.1) is 18.2 Å². The highest BCUT2D eigenvalue weighted by atomic mass is 32.1. The van der Waals surface area contributed by atoms with Crippen LogP contribution in [0.25, 0.3) is 0 Å². The standard InChI is InChI=1S/C12H15N3O2S2/c1-2-9(11-13-5-6-18-11)15-12-14-8(7-19-12)3-4-10(16)17/h5-7,9H,2-4H2,1H3,(H,14,15)(H,16,17). The molecule has 0 amide bonds. The minimum atomic E-state index is -0.795. The molecule has 1 unspecified atom stereocenters. The van der Waals surface area contributed by atoms with Gasteiger partial charge in [0.25, 0.3) is 0 Å². The first-order valence-electron chi connectivity index (χ1n) is 6.01. The molecule has 1 atom stereocenters. The molecule has 2 rings (SSSR count). The first-order chi connectivity index (χ1) is 9.19. The zero-order valence-electron chi connectivity index (χ0n) is 10.5. The number of aliphatic carboxylic acids is 1. The SMILES string of the molecule is CCC(Nc1nc(CCC(=O)O)cs1)c1nccs1. The second kappa shape index (κ2) is 6.63. The van der Waals surface area contributed by atoms with Crippen LogP contribution in [0.5, 0.6) is 0 Å². The van der Waals surface area contributed by atoms with Gasteiger partial charge < -0.3 is 10.4 Å². The molecule has 19 heavy (non-hydrogen) atoms. The summed E-state index contributed by atoms with van der Waals surface area (Å²) in [6.07, 6.45) is 3.32. The summed E-state index contributed by atoms with van der Waals surface area (Å²) in [7, 11) is 0. The number of nitrogens with zero attached hydrogens (tertiary/aromatic N) is 2. The fourth-order valence-corrected chi connectivity index (χ4v) is 3.19. The molecule has 0 aliphatic rings. The highest BCUT2D eigenvalue weighted by molar-refractivity contribution is 7.13. The molecule has 7 heteroatoms. The van der Waals surface area contributed by atoms with Crippen molar-refractivity contribution in [3.8, 4) is 0 Å². The number of anilines is 1. The van der Waals surface area contributed by atoms with Crippen molar-refractivity contribution in [1.29, 1.82) is 0 Å². The number of carboxylic acid groups (broad SMARTS) is 1. The summed E-state index contributed by atoms with van der Waals surface area (Å²) in [5, 5.41) is 17.7. The molecule has 0 radical (unpaired) electrons. The topological polar surface area (TPSA) is 75.1 Å². The van der Waals surface area contributed by atoms with E-state index in [0.29, 0.717) is 6.42 Å². The lowest BCUT2D eigenvalue weighted by Crippen LogP contribution is -2.09. The number of rotatable bonds is 7. The third kappa shape index (κ3) is 4.00. The second-order valence-electron chi connectivity index (χ2n) is 4.01. The largest absolute Gasteiger partial charge is 0.481 e. The van der Waals surface area contributed by atoms with Gasteiger partial charge in [-0.1, -0.05) is 6.92 Å². The first-order valence-corrected chi connectivity index (χ1v) is 7.77. The Hall–Kier alpha value is -1.47. The van der Waals surface area contributed by atoms with Crippen molar-refractivity contribution >= 4 is 33.8 Å². The highest BCUT2D eigenvalue weighted by Gasteiger charge is 2.13. The summed E-state index contributed by atoms with van der Waals surface area (Å²) in [5.41, 5.74) is 0.823. The van der Waals surface area contributed by atoms with Crippen molar-refractivity contribution in [3.05, 3.63) is 27.7 Å². The van der Waals surface area contributed by atoms with Crippen LogP contribution in [0.1, 0.15) is 36.5 Å². The molecular formula is C12H15N3O2S2. The Morgan fingerprint density at radius 1 is 1.53 bits per heavy atom. The lowest BCUT2D eigenvalue weighted by atomic mass is 10.2. The van der Waals surface area contributed by atoms with Gasteiger partial charge in [-0.3, -0.25) is 4.79 Å². The predicted molar refractivity (Wildman–Crippen MR) is 76.8 cm³/mol. The van der Waals surface area contributed by atoms with Crippen molar-refractivity contribution in [2.24, 2.45) is 0 Å². The van der Waals surface area contributed by atoms with Gasteiger partial charge in [0, 0.05) is 23.4 Å². The number of hydrogen-bond donors (Lipinski definition) is 2. The van der Waals surface area contributed by atoms with E-state index >= 15 is 0 Å². The van der Waals surface area contributed by atoms with Crippen LogP contribution in [-0.4, -0.2) is 21.0 Å². The van der Waals surface area contributed by atoms with Crippen LogP contribution in [0, 0.1) is 0 Å². The molecule has 0 aromatic carbocycles. The number of hydrogen-bond acceptors (Lipinski definition) is 6. The van der Waals surface area contributed by atoms with Crippen molar-refractivity contribution in [3.63, 3.8) is 0 Å². The first kappa shape index (κ1) is 14.0. The maximum atomic E-state index is 10.5. The normalized spacial score (nSPS) is 12.3. The summed E-state index contributed by atoms with van der Waals surface area (Å²) >= 11 is 3.13. The zero-order chi connectivity index (χ0) is 13.7. The molecule has 0 saturated heterocycles. The Morgan fingerprint density at radius 2 is 2.37 bits per heavy atom. The van der Waals surface area contributed by atoms with E-state index in [1.165, 1.54) is 11.3 Å². The van der Waals surface area contributed by atoms with Crippen molar-refractivity contribution in [2.75, 3.05) is 5.32 Å². The molecule has 0 bridgehead atoms. The molecule has 2 N–H and O–H groups in total. The van der Waals surface area contributed by atoms with Crippen molar-refractivity contribution in [2.45, 2.75) is 32.2 Å². The van der Waals surface area contributed by atoms with E-state index < -0.39 is 5.97 Å². The van der Waals surface area contributed by atoms with Crippen molar-refractivity contribution in [1.82, 2.24) is 9.97 Å². The number of carboxylic acids is 1. The van der Waals surface area contributed by atoms with Crippen LogP contribution in [0.2, 0.25) is 0 Å². The molecule has 102 valence electrons. The summed E-state index contributed by atoms with van der Waals surface area (Å²) in [4.78, 5) is 19.2. The molecule has 0 fully saturated rings. The molecular weight excluding hydrogens is 282 g/mol. The average molecular weight is 297 g/mol. The summed E-state index contributed by atoms with van der Waals surface area (Å²) in [6.45, 7) is 2.10. The molecule has 2 aromatic rings. The van der Waals surface area contributed by atoms with E-state index in [2.05, 4.69) is 22.2 Å². The quantitative estimate of drug-likeness (QED) is 0.821. The Bertz CT molecular complexity index is 525. The Morgan fingerprint density at radius 3 is 3.00 bits per heavy atom. The van der Waals surface area contributed by atoms with Gasteiger partial charge in [-0.25, -0.2) is 9.97 Å². The van der Waals surface area contributed by atoms with E-state index in [1.807, 2.05) is 10.8 Å². The number of aromatic nitrogens is 2. The third-order valence-electron chi connectivity index (χ3n) is 2.60. The highest BCUT2D eigenvalue weighted by Crippen LogP contribution is 2.26. The van der Waals surface area contributed by atoms with Crippen LogP contribution in [-0.2, 0) is 11.2 Å². The van der Waals surface area contributed by atoms with E-state index in [1.54, 1.807) is 17.5 Å². The maximum Gasteiger partial charge on any atom is 0.303 e. The Kier molecular flexibility index (Phi) is 4.86. The molecule has 5 nitrogen and oxygen atoms in total. The lowest BCUT2D eigenvalue weighted by Gasteiger charge is -2.12. The minimum absolute atomic E-state index is 0.118. The summed E-state index contributed by atoms with van der Waals surface area (Å²) in [5.74, 6) is -0.795. The van der Waals surface area contributed by atoms with Gasteiger partial charge in [-0.2, -0.15) is 0 Å². The van der Waals surface area contributed by atoms with Gasteiger partial charge in [-0.15, -0.1) is 22.7 Å². The molecule has 2 aromatic heterocycles. The van der Waals surface area contributed by atoms with Gasteiger partial charge in [0.15, 0.2) is 5.13 Å². The van der Waals surface area contributed by atoms with Crippen molar-refractivity contribution < 1.29 is 9.90 Å². The Labute approximate surface area is 119 Å². The fourth-order valence-electron chi connectivity index (χ4n) is 1.62. The monoisotopic (exact) mass is 297 g/mol. The molecule has 2 heterocycles. The van der Waals surface area contributed by atoms with Crippen LogP contribution < -0.4 is 5.32 Å². The van der Waals surface area contributed by atoms with E-state index in [9.17, 15) is 4.79 Å². The zero-order valence-corrected chi connectivity index (χ0v) is 12.1. The smallest absolute Gasteiger partial charge is 0.303 e. The number of carbonyl (C=O) groups is 1. The lowest BCUT2D eigenvalue weighted by molar-refractivity contribution is -0.136. The van der Waals surface area contributed by atoms with Gasteiger partial charge in [-0.05, 0) is 6.42 Å². The number of nitrogens with one attached hydrogen (secondary N) is 1. The van der Waals surface area contributed by atoms with Gasteiger partial charge >= 0.3 is 5.97 Å². The Balaban J connectivity index is 1.97. The van der Waals surface area contributed by atoms with E-state index in [0.717, 1.165) is 22.3 Å². The summed E-state index contributed by atoms with van der Waals surface area (Å²) in [6, 6.07) is 0.165. The third-order valence-corrected chi connectivity index (χ3v) is 4.31. The minimum Gasteiger partial charge on any atom is -0.481 e. The van der Waals surface area contributed by atoms with Crippen LogP contribution in [0.4, 0.5) is 5.13 Å². The van der Waals surface area contributed by atoms with Crippen LogP contribution in [0.15, 0.2) is 17.0 Å². The molecule has 0 saturated carbocycles. The molecule has 0 aliphatic heterocycles. The van der Waals surface area contributed by atoms with E-state index in [4.69, 9.17) is 5.11 Å². The number of thiazole rings is 2. The fraction of sp³-hybridized carbons (Fsp3) is 0.417. The van der Waals surface area contributed by atoms with Gasteiger partial charge in [0.2, 0.25) is 0 Å². The average Bonchev–Trinajstić information content (AvgIpc) is 3.05. The summed E-state index contributed by atoms with van der Waals surface area (Å²) < 4.78 is 0. The van der Waals surface area contributed by atoms with Crippen LogP contribution in [0.3, 0.4) is 0 Å². The predicted octanol–water partition coefficient (Wildman–Crippen LogP) is 3.18. The maximum absolute atomic E-state index is 10.5. The second-order valence-corrected chi connectivity index (χ2v) is 5.80. The van der Waals surface area contributed by atoms with E-state index in [-0.39, 0.29) is 12.5 Å². The van der Waals surface area contributed by atoms with Crippen LogP contribution >= 0.6 is 22.7 Å². The molecule has 0 spiro atoms.